The molecule has 1 amide bonds. The molecule has 1 N–H and O–H groups in total. The minimum atomic E-state index is -4.33. The van der Waals surface area contributed by atoms with Crippen LogP contribution in [-0.2, 0) is 19.3 Å². The fourth-order valence-electron chi connectivity index (χ4n) is 3.84. The smallest absolute Gasteiger partial charge is 0.352 e. The van der Waals surface area contributed by atoms with Crippen molar-refractivity contribution < 1.29 is 18.0 Å². The first-order valence-corrected chi connectivity index (χ1v) is 13.5. The zero-order chi connectivity index (χ0) is 25.5. The summed E-state index contributed by atoms with van der Waals surface area (Å²) in [7, 11) is 0. The third-order valence-corrected chi connectivity index (χ3v) is 6.73. The van der Waals surface area contributed by atoms with Crippen molar-refractivity contribution in [1.82, 2.24) is 10.6 Å². The van der Waals surface area contributed by atoms with E-state index in [4.69, 9.17) is 0 Å². The lowest BCUT2D eigenvalue weighted by molar-refractivity contribution is -0.137. The van der Waals surface area contributed by atoms with E-state index in [9.17, 15) is 18.0 Å². The molecular weight excluding hydrogens is 517 g/mol. The molecule has 0 aromatic heterocycles. The van der Waals surface area contributed by atoms with E-state index >= 15 is 0 Å². The monoisotopic (exact) mass is 553 g/mol. The SMILES string of the molecule is CCCCCCCCCCCCNC(=O)c1ccc(C[N]Cc2ccc(C(F)(F)F)cc2)c(Br)c1. The second-order valence-corrected chi connectivity index (χ2v) is 9.83. The van der Waals surface area contributed by atoms with Crippen LogP contribution in [0.15, 0.2) is 46.9 Å². The Labute approximate surface area is 216 Å². The van der Waals surface area contributed by atoms with Gasteiger partial charge in [-0.15, -0.1) is 0 Å². The molecular formula is C28H37BrF3N2O. The number of halogens is 4. The minimum absolute atomic E-state index is 0.0881. The average molecular weight is 555 g/mol. The third-order valence-electron chi connectivity index (χ3n) is 5.99. The lowest BCUT2D eigenvalue weighted by Gasteiger charge is -2.10. The van der Waals surface area contributed by atoms with E-state index in [0.717, 1.165) is 40.6 Å². The number of alkyl halides is 3. The highest BCUT2D eigenvalue weighted by atomic mass is 79.9. The molecule has 0 aliphatic carbocycles. The first-order valence-electron chi connectivity index (χ1n) is 12.7. The van der Waals surface area contributed by atoms with Gasteiger partial charge < -0.3 is 5.32 Å². The molecule has 0 saturated heterocycles. The summed E-state index contributed by atoms with van der Waals surface area (Å²) in [6.07, 6.45) is 8.29. The minimum Gasteiger partial charge on any atom is -0.352 e. The Morgan fingerprint density at radius 1 is 0.857 bits per heavy atom. The van der Waals surface area contributed by atoms with Crippen molar-refractivity contribution in [2.75, 3.05) is 6.54 Å². The van der Waals surface area contributed by atoms with Gasteiger partial charge in [-0.05, 0) is 41.8 Å². The average Bonchev–Trinajstić information content (AvgIpc) is 2.83. The van der Waals surface area contributed by atoms with Gasteiger partial charge in [0.2, 0.25) is 0 Å². The summed E-state index contributed by atoms with van der Waals surface area (Å²) in [4.78, 5) is 12.4. The van der Waals surface area contributed by atoms with Gasteiger partial charge in [-0.25, -0.2) is 5.32 Å². The Bertz CT molecular complexity index is 885. The Kier molecular flexibility index (Phi) is 13.4. The molecule has 0 atom stereocenters. The van der Waals surface area contributed by atoms with Gasteiger partial charge in [0.05, 0.1) is 5.56 Å². The molecule has 2 rings (SSSR count). The van der Waals surface area contributed by atoms with E-state index in [1.165, 1.54) is 63.5 Å². The Morgan fingerprint density at radius 2 is 1.46 bits per heavy atom. The van der Waals surface area contributed by atoms with Crippen LogP contribution in [-0.4, -0.2) is 12.5 Å². The molecule has 35 heavy (non-hydrogen) atoms. The molecule has 0 heterocycles. The predicted octanol–water partition coefficient (Wildman–Crippen LogP) is 8.42. The zero-order valence-corrected chi connectivity index (χ0v) is 22.2. The summed E-state index contributed by atoms with van der Waals surface area (Å²) in [5.74, 6) is -0.0881. The normalized spacial score (nSPS) is 11.6. The number of carbonyl (C=O) groups excluding carboxylic acids is 1. The van der Waals surface area contributed by atoms with Gasteiger partial charge in [0, 0.05) is 29.7 Å². The fourth-order valence-corrected chi connectivity index (χ4v) is 4.34. The van der Waals surface area contributed by atoms with Gasteiger partial charge in [0.15, 0.2) is 0 Å². The Morgan fingerprint density at radius 3 is 2.03 bits per heavy atom. The second-order valence-electron chi connectivity index (χ2n) is 8.98. The number of benzene rings is 2. The van der Waals surface area contributed by atoms with E-state index in [2.05, 4.69) is 33.5 Å². The summed E-state index contributed by atoms with van der Waals surface area (Å²) in [6.45, 7) is 3.65. The van der Waals surface area contributed by atoms with Gasteiger partial charge in [-0.3, -0.25) is 4.79 Å². The fraction of sp³-hybridized carbons (Fsp3) is 0.536. The molecule has 0 unspecified atom stereocenters. The molecule has 0 aliphatic rings. The van der Waals surface area contributed by atoms with E-state index in [1.807, 2.05) is 6.07 Å². The van der Waals surface area contributed by atoms with E-state index in [1.54, 1.807) is 12.1 Å². The maximum atomic E-state index is 12.7. The molecule has 0 aliphatic heterocycles. The highest BCUT2D eigenvalue weighted by Gasteiger charge is 2.29. The summed E-state index contributed by atoms with van der Waals surface area (Å²) >= 11 is 3.50. The number of hydrogen-bond donors (Lipinski definition) is 1. The largest absolute Gasteiger partial charge is 0.416 e. The quantitative estimate of drug-likeness (QED) is 0.208. The van der Waals surface area contributed by atoms with Crippen LogP contribution in [0.25, 0.3) is 0 Å². The molecule has 1 radical (unpaired) electrons. The van der Waals surface area contributed by atoms with Gasteiger partial charge >= 0.3 is 6.18 Å². The van der Waals surface area contributed by atoms with Crippen molar-refractivity contribution in [2.24, 2.45) is 0 Å². The molecule has 0 bridgehead atoms. The maximum absolute atomic E-state index is 12.7. The molecule has 0 spiro atoms. The maximum Gasteiger partial charge on any atom is 0.416 e. The van der Waals surface area contributed by atoms with Crippen LogP contribution in [0.2, 0.25) is 0 Å². The topological polar surface area (TPSA) is 43.2 Å². The highest BCUT2D eigenvalue weighted by molar-refractivity contribution is 9.10. The van der Waals surface area contributed by atoms with Crippen LogP contribution in [0, 0.1) is 0 Å². The summed E-state index contributed by atoms with van der Waals surface area (Å²) in [6, 6.07) is 10.5. The first kappa shape index (κ1) is 29.4. The third kappa shape index (κ3) is 11.6. The number of rotatable bonds is 16. The highest BCUT2D eigenvalue weighted by Crippen LogP contribution is 2.29. The number of nitrogens with one attached hydrogen (secondary N) is 1. The summed E-state index contributed by atoms with van der Waals surface area (Å²) in [5.41, 5.74) is 1.57. The second kappa shape index (κ2) is 16.0. The Hall–Kier alpha value is -1.86. The van der Waals surface area contributed by atoms with Crippen LogP contribution in [0.3, 0.4) is 0 Å². The van der Waals surface area contributed by atoms with Crippen LogP contribution in [0.4, 0.5) is 13.2 Å². The molecule has 0 fully saturated rings. The van der Waals surface area contributed by atoms with E-state index in [-0.39, 0.29) is 5.91 Å². The molecule has 2 aromatic rings. The van der Waals surface area contributed by atoms with Crippen LogP contribution in [0.1, 0.15) is 98.2 Å². The van der Waals surface area contributed by atoms with Gasteiger partial charge in [-0.2, -0.15) is 13.2 Å². The van der Waals surface area contributed by atoms with Gasteiger partial charge in [0.25, 0.3) is 5.91 Å². The van der Waals surface area contributed by atoms with Gasteiger partial charge in [0.1, 0.15) is 0 Å². The van der Waals surface area contributed by atoms with Crippen molar-refractivity contribution >= 4 is 21.8 Å². The van der Waals surface area contributed by atoms with Crippen molar-refractivity contribution in [3.8, 4) is 0 Å². The molecule has 193 valence electrons. The number of hydrogen-bond acceptors (Lipinski definition) is 1. The van der Waals surface area contributed by atoms with E-state index < -0.39 is 11.7 Å². The van der Waals surface area contributed by atoms with Crippen LogP contribution in [0.5, 0.6) is 0 Å². The van der Waals surface area contributed by atoms with Crippen molar-refractivity contribution in [2.45, 2.75) is 90.4 Å². The number of amides is 1. The van der Waals surface area contributed by atoms with Crippen LogP contribution < -0.4 is 10.6 Å². The molecule has 7 heteroatoms. The number of carbonyl (C=O) groups is 1. The lowest BCUT2D eigenvalue weighted by atomic mass is 10.1. The van der Waals surface area contributed by atoms with Gasteiger partial charge in [-0.1, -0.05) is 98.8 Å². The zero-order valence-electron chi connectivity index (χ0n) is 20.6. The predicted molar refractivity (Wildman–Crippen MR) is 139 cm³/mol. The van der Waals surface area contributed by atoms with Crippen molar-refractivity contribution in [1.29, 1.82) is 0 Å². The number of nitrogens with zero attached hydrogens (tertiary/aromatic N) is 1. The van der Waals surface area contributed by atoms with Crippen LogP contribution >= 0.6 is 15.9 Å². The number of unbranched alkanes of at least 4 members (excludes halogenated alkanes) is 9. The molecule has 0 saturated carbocycles. The molecule has 3 nitrogen and oxygen atoms in total. The summed E-state index contributed by atoms with van der Waals surface area (Å²) in [5, 5.41) is 7.42. The van der Waals surface area contributed by atoms with E-state index in [0.29, 0.717) is 25.2 Å². The van der Waals surface area contributed by atoms with Crippen molar-refractivity contribution in [3.63, 3.8) is 0 Å². The lowest BCUT2D eigenvalue weighted by Crippen LogP contribution is -2.24. The first-order chi connectivity index (χ1) is 16.8. The van der Waals surface area contributed by atoms with Crippen molar-refractivity contribution in [3.05, 3.63) is 69.2 Å². The molecule has 2 aromatic carbocycles. The summed E-state index contributed by atoms with van der Waals surface area (Å²) < 4.78 is 38.8. The standard InChI is InChI=1S/C28H37BrF3N2O/c1-2-3-4-5-6-7-8-9-10-11-18-34-27(35)23-14-15-24(26(29)19-23)21-33-20-22-12-16-25(17-13-22)28(30,31)32/h12-17,19H,2-11,18,20-21H2,1H3,(H,34,35). The Balaban J connectivity index is 1.63.